The number of hydrogen-bond donors (Lipinski definition) is 2. The van der Waals surface area contributed by atoms with Gasteiger partial charge in [-0.15, -0.1) is 0 Å². The monoisotopic (exact) mass is 322 g/mol. The summed E-state index contributed by atoms with van der Waals surface area (Å²) in [5.74, 6) is 0. The maximum atomic E-state index is 9.24. The Kier molecular flexibility index (Phi) is 7.95. The van der Waals surface area contributed by atoms with Crippen LogP contribution < -0.4 is 0 Å². The zero-order chi connectivity index (χ0) is 17.7. The van der Waals surface area contributed by atoms with Crippen molar-refractivity contribution in [3.05, 3.63) is 0 Å². The molecule has 0 bridgehead atoms. The lowest BCUT2D eigenvalue weighted by Gasteiger charge is -2.33. The van der Waals surface area contributed by atoms with Crippen LogP contribution in [0, 0.1) is 0 Å². The Hall–Kier alpha value is -0.240. The summed E-state index contributed by atoms with van der Waals surface area (Å²) in [5.41, 5.74) is -2.30. The minimum atomic E-state index is -0.738. The molecule has 1 atom stereocenters. The molecule has 0 fully saturated rings. The Bertz CT molecular complexity index is 321. The van der Waals surface area contributed by atoms with E-state index in [2.05, 4.69) is 9.78 Å². The normalized spacial score (nSPS) is 16.6. The van der Waals surface area contributed by atoms with Crippen LogP contribution in [0.1, 0.15) is 81.1 Å². The van der Waals surface area contributed by atoms with Crippen LogP contribution in [0.3, 0.4) is 0 Å². The van der Waals surface area contributed by atoms with Gasteiger partial charge in [-0.05, 0) is 81.1 Å². The van der Waals surface area contributed by atoms with E-state index in [9.17, 15) is 5.26 Å². The van der Waals surface area contributed by atoms with Gasteiger partial charge >= 0.3 is 0 Å². The first kappa shape index (κ1) is 21.8. The van der Waals surface area contributed by atoms with Crippen LogP contribution in [0.25, 0.3) is 0 Å². The molecule has 0 saturated heterocycles. The second-order valence-corrected chi connectivity index (χ2v) is 8.43. The maximum absolute atomic E-state index is 9.24. The fourth-order valence-electron chi connectivity index (χ4n) is 1.67. The van der Waals surface area contributed by atoms with E-state index in [1.807, 2.05) is 41.5 Å². The Balaban J connectivity index is 4.47. The molecule has 0 rings (SSSR count). The van der Waals surface area contributed by atoms with Crippen molar-refractivity contribution in [1.82, 2.24) is 0 Å². The highest BCUT2D eigenvalue weighted by Gasteiger charge is 2.33. The van der Waals surface area contributed by atoms with Gasteiger partial charge in [0.05, 0.1) is 16.8 Å². The third-order valence-electron chi connectivity index (χ3n) is 3.50. The second-order valence-electron chi connectivity index (χ2n) is 8.43. The minimum Gasteiger partial charge on any atom is -0.251 e. The smallest absolute Gasteiger partial charge is 0.101 e. The topological polar surface area (TPSA) is 77.4 Å². The highest BCUT2D eigenvalue weighted by Crippen LogP contribution is 2.31. The molecular weight excluding hydrogens is 288 g/mol. The van der Waals surface area contributed by atoms with Crippen LogP contribution in [-0.2, 0) is 19.6 Å². The summed E-state index contributed by atoms with van der Waals surface area (Å²) in [6.07, 6.45) is 2.29. The molecule has 0 spiro atoms. The first-order chi connectivity index (χ1) is 9.74. The summed E-state index contributed by atoms with van der Waals surface area (Å²) >= 11 is 0. The average molecular weight is 322 g/mol. The van der Waals surface area contributed by atoms with E-state index in [1.165, 1.54) is 0 Å². The van der Waals surface area contributed by atoms with Gasteiger partial charge in [0.25, 0.3) is 0 Å². The van der Waals surface area contributed by atoms with Crippen LogP contribution >= 0.6 is 0 Å². The molecule has 2 N–H and O–H groups in total. The first-order valence-electron chi connectivity index (χ1n) is 7.76. The Morgan fingerprint density at radius 1 is 0.591 bits per heavy atom. The largest absolute Gasteiger partial charge is 0.251 e. The van der Waals surface area contributed by atoms with Crippen molar-refractivity contribution in [2.75, 3.05) is 0 Å². The van der Waals surface area contributed by atoms with E-state index >= 15 is 0 Å². The summed E-state index contributed by atoms with van der Waals surface area (Å²) in [5, 5.41) is 18.1. The Morgan fingerprint density at radius 2 is 1.05 bits per heavy atom. The fraction of sp³-hybridized carbons (Fsp3) is 1.00. The van der Waals surface area contributed by atoms with E-state index in [0.717, 1.165) is 0 Å². The van der Waals surface area contributed by atoms with Gasteiger partial charge in [-0.2, -0.15) is 0 Å². The van der Waals surface area contributed by atoms with E-state index < -0.39 is 16.8 Å². The van der Waals surface area contributed by atoms with Crippen LogP contribution in [0.5, 0.6) is 0 Å². The lowest BCUT2D eigenvalue weighted by molar-refractivity contribution is -0.400. The quantitative estimate of drug-likeness (QED) is 0.452. The lowest BCUT2D eigenvalue weighted by Crippen LogP contribution is -2.36. The molecule has 0 heterocycles. The Morgan fingerprint density at radius 3 is 1.41 bits per heavy atom. The van der Waals surface area contributed by atoms with Crippen LogP contribution in [0.4, 0.5) is 0 Å². The first-order valence-corrected chi connectivity index (χ1v) is 7.76. The predicted molar refractivity (Wildman–Crippen MR) is 84.4 cm³/mol. The molecule has 0 aromatic rings. The molecule has 0 saturated carbocycles. The van der Waals surface area contributed by atoms with Crippen LogP contribution in [-0.4, -0.2) is 32.9 Å². The highest BCUT2D eigenvalue weighted by molar-refractivity contribution is 4.82. The molecule has 6 heteroatoms. The predicted octanol–water partition coefficient (Wildman–Crippen LogP) is 4.59. The molecule has 0 aromatic heterocycles. The van der Waals surface area contributed by atoms with Crippen LogP contribution in [0.2, 0.25) is 0 Å². The van der Waals surface area contributed by atoms with Crippen molar-refractivity contribution >= 4 is 0 Å². The van der Waals surface area contributed by atoms with Crippen molar-refractivity contribution in [2.24, 2.45) is 0 Å². The van der Waals surface area contributed by atoms with Gasteiger partial charge in [-0.1, -0.05) is 0 Å². The van der Waals surface area contributed by atoms with Gasteiger partial charge in [-0.3, -0.25) is 10.5 Å². The lowest BCUT2D eigenvalue weighted by atomic mass is 9.86. The number of rotatable bonds is 10. The molecule has 1 unspecified atom stereocenters. The molecule has 134 valence electrons. The van der Waals surface area contributed by atoms with Gasteiger partial charge < -0.3 is 0 Å². The van der Waals surface area contributed by atoms with Gasteiger partial charge in [0.2, 0.25) is 0 Å². The van der Waals surface area contributed by atoms with Gasteiger partial charge in [0.15, 0.2) is 0 Å². The molecule has 0 radical (unpaired) electrons. The average Bonchev–Trinajstić information content (AvgIpc) is 2.41. The van der Waals surface area contributed by atoms with E-state index in [0.29, 0.717) is 25.7 Å². The fourth-order valence-corrected chi connectivity index (χ4v) is 1.67. The van der Waals surface area contributed by atoms with Gasteiger partial charge in [0.1, 0.15) is 5.60 Å². The maximum Gasteiger partial charge on any atom is 0.101 e. The van der Waals surface area contributed by atoms with Crippen molar-refractivity contribution in [2.45, 2.75) is 103 Å². The van der Waals surface area contributed by atoms with E-state index in [1.54, 1.807) is 13.8 Å². The SMILES string of the molecule is CC(C)(C)OOC(C)(C)CCC(C)(CCC(C)(C)OO)OO. The summed E-state index contributed by atoms with van der Waals surface area (Å²) in [4.78, 5) is 20.0. The van der Waals surface area contributed by atoms with Crippen molar-refractivity contribution in [3.63, 3.8) is 0 Å². The third-order valence-corrected chi connectivity index (χ3v) is 3.50. The van der Waals surface area contributed by atoms with E-state index in [4.69, 9.17) is 15.0 Å². The zero-order valence-corrected chi connectivity index (χ0v) is 15.4. The molecule has 0 aliphatic carbocycles. The minimum absolute atomic E-state index is 0.378. The molecule has 0 aliphatic rings. The Labute approximate surface area is 134 Å². The summed E-state index contributed by atoms with van der Waals surface area (Å²) in [7, 11) is 0. The highest BCUT2D eigenvalue weighted by atomic mass is 17.2. The van der Waals surface area contributed by atoms with Crippen molar-refractivity contribution in [3.8, 4) is 0 Å². The zero-order valence-electron chi connectivity index (χ0n) is 15.4. The standard InChI is InChI=1S/C16H34O6/c1-13(2,3)21-22-15(6,7)10-12-16(8,20-18)11-9-14(4,5)19-17/h17-18H,9-12H2,1-8H3. The second kappa shape index (κ2) is 8.04. The molecule has 0 amide bonds. The van der Waals surface area contributed by atoms with Gasteiger partial charge in [0, 0.05) is 0 Å². The van der Waals surface area contributed by atoms with Crippen molar-refractivity contribution < 1.29 is 30.1 Å². The van der Waals surface area contributed by atoms with Gasteiger partial charge in [-0.25, -0.2) is 19.6 Å². The summed E-state index contributed by atoms with van der Waals surface area (Å²) in [6, 6.07) is 0. The molecular formula is C16H34O6. The number of hydrogen-bond acceptors (Lipinski definition) is 6. The summed E-state index contributed by atoms with van der Waals surface area (Å²) in [6.45, 7) is 15.0. The molecule has 6 nitrogen and oxygen atoms in total. The third kappa shape index (κ3) is 9.71. The molecule has 0 aliphatic heterocycles. The van der Waals surface area contributed by atoms with E-state index in [-0.39, 0.29) is 5.60 Å². The summed E-state index contributed by atoms with van der Waals surface area (Å²) < 4.78 is 0. The molecule has 22 heavy (non-hydrogen) atoms. The van der Waals surface area contributed by atoms with Crippen LogP contribution in [0.15, 0.2) is 0 Å². The van der Waals surface area contributed by atoms with Crippen molar-refractivity contribution in [1.29, 1.82) is 0 Å². The molecule has 0 aromatic carbocycles.